The van der Waals surface area contributed by atoms with Crippen molar-refractivity contribution in [2.45, 2.75) is 37.2 Å². The van der Waals surface area contributed by atoms with Crippen molar-refractivity contribution in [2.24, 2.45) is 15.4 Å². The number of rotatable bonds is 9. The third-order valence-corrected chi connectivity index (χ3v) is 9.23. The van der Waals surface area contributed by atoms with Gasteiger partial charge in [0.1, 0.15) is 21.4 Å². The van der Waals surface area contributed by atoms with Crippen molar-refractivity contribution < 1.29 is 21.2 Å². The third-order valence-electron chi connectivity index (χ3n) is 6.47. The Labute approximate surface area is 249 Å². The van der Waals surface area contributed by atoms with Crippen molar-refractivity contribution in [3.05, 3.63) is 94.2 Å². The summed E-state index contributed by atoms with van der Waals surface area (Å²) in [6.07, 6.45) is 1.18. The van der Waals surface area contributed by atoms with Crippen LogP contribution < -0.4 is 10.3 Å². The maximum atomic E-state index is 15.0. The highest BCUT2D eigenvalue weighted by molar-refractivity contribution is 7.90. The number of sulfone groups is 1. The fourth-order valence-electron chi connectivity index (χ4n) is 4.32. The number of hydrogen-bond donors (Lipinski definition) is 1. The number of nitrogens with zero attached hydrogens (tertiary/aromatic N) is 3. The van der Waals surface area contributed by atoms with Crippen LogP contribution in [-0.4, -0.2) is 46.4 Å². The summed E-state index contributed by atoms with van der Waals surface area (Å²) in [5, 5.41) is 10.2. The molecule has 0 bridgehead atoms. The van der Waals surface area contributed by atoms with Gasteiger partial charge in [0.05, 0.1) is 22.4 Å². The molecule has 8 nitrogen and oxygen atoms in total. The first-order valence-electron chi connectivity index (χ1n) is 12.7. The first-order valence-corrected chi connectivity index (χ1v) is 16.9. The molecule has 0 radical (unpaired) electrons. The second-order valence-corrected chi connectivity index (χ2v) is 14.7. The number of halogens is 3. The number of hydrogen-bond acceptors (Lipinski definition) is 6. The summed E-state index contributed by atoms with van der Waals surface area (Å²) in [5.41, 5.74) is 1.15. The van der Waals surface area contributed by atoms with Crippen LogP contribution in [0.5, 0.6) is 0 Å². The summed E-state index contributed by atoms with van der Waals surface area (Å²) >= 11 is 12.0. The Morgan fingerprint density at radius 1 is 1.00 bits per heavy atom. The topological polar surface area (TPSA) is 108 Å². The van der Waals surface area contributed by atoms with E-state index in [1.165, 1.54) is 30.3 Å². The number of benzene rings is 3. The minimum Gasteiger partial charge on any atom is -0.364 e. The third kappa shape index (κ3) is 7.85. The van der Waals surface area contributed by atoms with Crippen LogP contribution >= 0.6 is 23.2 Å². The van der Waals surface area contributed by atoms with Gasteiger partial charge in [0.15, 0.2) is 5.84 Å². The second-order valence-electron chi connectivity index (χ2n) is 10.1. The molecule has 0 unspecified atom stereocenters. The lowest BCUT2D eigenvalue weighted by Crippen LogP contribution is -2.46. The molecule has 0 aromatic heterocycles. The molecule has 2 atom stereocenters. The van der Waals surface area contributed by atoms with Crippen LogP contribution in [0, 0.1) is 11.7 Å². The largest absolute Gasteiger partial charge is 0.364 e. The Morgan fingerprint density at radius 3 is 2.15 bits per heavy atom. The minimum atomic E-state index is -4.28. The van der Waals surface area contributed by atoms with Crippen LogP contribution in [0.3, 0.4) is 0 Å². The zero-order valence-electron chi connectivity index (χ0n) is 22.5. The van der Waals surface area contributed by atoms with E-state index in [4.69, 9.17) is 28.3 Å². The molecule has 3 aromatic carbocycles. The van der Waals surface area contributed by atoms with Gasteiger partial charge in [-0.05, 0) is 60.5 Å². The molecule has 41 heavy (non-hydrogen) atoms. The molecule has 0 spiro atoms. The maximum absolute atomic E-state index is 15.0. The van der Waals surface area contributed by atoms with E-state index in [0.717, 1.165) is 6.26 Å². The van der Waals surface area contributed by atoms with Gasteiger partial charge >= 0.3 is 0 Å². The molecule has 4 rings (SSSR count). The van der Waals surface area contributed by atoms with E-state index in [-0.39, 0.29) is 34.5 Å². The van der Waals surface area contributed by atoms with Crippen LogP contribution in [0.25, 0.3) is 0 Å². The van der Waals surface area contributed by atoms with Crippen molar-refractivity contribution in [3.63, 3.8) is 0 Å². The fraction of sp³-hybridized carbons (Fsp3) is 0.286. The fourth-order valence-corrected chi connectivity index (χ4v) is 6.67. The molecule has 1 aliphatic rings. The molecule has 0 saturated carbocycles. The smallest absolute Gasteiger partial charge is 0.284 e. The first-order chi connectivity index (χ1) is 19.2. The van der Waals surface area contributed by atoms with Gasteiger partial charge in [-0.1, -0.05) is 55.2 Å². The Hall–Kier alpha value is -2.99. The molecule has 0 fully saturated rings. The van der Waals surface area contributed by atoms with Crippen LogP contribution in [0.4, 0.5) is 10.1 Å². The van der Waals surface area contributed by atoms with Gasteiger partial charge in [0, 0.05) is 34.3 Å². The van der Waals surface area contributed by atoms with Crippen molar-refractivity contribution >= 4 is 60.3 Å². The summed E-state index contributed by atoms with van der Waals surface area (Å²) in [5.74, 6) is -1.06. The summed E-state index contributed by atoms with van der Waals surface area (Å²) < 4.78 is 70.4. The van der Waals surface area contributed by atoms with Crippen molar-refractivity contribution in [1.82, 2.24) is 5.32 Å². The van der Waals surface area contributed by atoms with E-state index in [9.17, 15) is 16.8 Å². The van der Waals surface area contributed by atoms with E-state index in [1.807, 2.05) is 13.8 Å². The van der Waals surface area contributed by atoms with Gasteiger partial charge in [-0.15, -0.1) is 4.40 Å². The van der Waals surface area contributed by atoms with Gasteiger partial charge in [-0.2, -0.15) is 13.5 Å². The highest BCUT2D eigenvalue weighted by Gasteiger charge is 2.35. The van der Waals surface area contributed by atoms with Crippen LogP contribution in [0.2, 0.25) is 10.0 Å². The Morgan fingerprint density at radius 2 is 1.59 bits per heavy atom. The van der Waals surface area contributed by atoms with Crippen LogP contribution in [0.15, 0.2) is 87.2 Å². The standard InChI is InChI=1S/C28H29Cl2FN4O4S2/c1-18(2)26(17-40(3,36)37)32-28(34-41(38,39)22-14-10-20(30)11-15-22)25-16-27(23-6-4-5-7-24(23)31)35(33-25)21-12-8-19(29)9-13-21/h4-15,18,26-27H,16-17H2,1-3H3,(H,32,34)/t26-,27+/m0/s1. The zero-order chi connectivity index (χ0) is 29.9. The molecule has 0 saturated heterocycles. The average molecular weight is 640 g/mol. The second kappa shape index (κ2) is 12.5. The number of sulfonamides is 1. The molecule has 1 heterocycles. The van der Waals surface area contributed by atoms with E-state index in [2.05, 4.69) is 9.71 Å². The lowest BCUT2D eigenvalue weighted by Gasteiger charge is -2.24. The number of amidine groups is 1. The van der Waals surface area contributed by atoms with Crippen LogP contribution in [-0.2, 0) is 19.9 Å². The first kappa shape index (κ1) is 31.0. The molecule has 218 valence electrons. The van der Waals surface area contributed by atoms with Gasteiger partial charge in [0.2, 0.25) is 0 Å². The van der Waals surface area contributed by atoms with Gasteiger partial charge in [0.25, 0.3) is 10.0 Å². The molecule has 0 amide bonds. The Bertz CT molecular complexity index is 1680. The lowest BCUT2D eigenvalue weighted by atomic mass is 9.99. The predicted octanol–water partition coefficient (Wildman–Crippen LogP) is 5.89. The monoisotopic (exact) mass is 638 g/mol. The number of anilines is 1. The molecule has 3 aromatic rings. The van der Waals surface area contributed by atoms with Gasteiger partial charge in [-0.3, -0.25) is 5.01 Å². The molecule has 13 heteroatoms. The van der Waals surface area contributed by atoms with E-state index < -0.39 is 37.8 Å². The predicted molar refractivity (Wildman–Crippen MR) is 163 cm³/mol. The van der Waals surface area contributed by atoms with Crippen molar-refractivity contribution in [2.75, 3.05) is 17.0 Å². The molecule has 1 aliphatic heterocycles. The van der Waals surface area contributed by atoms with Gasteiger partial charge < -0.3 is 5.32 Å². The molecular formula is C28H29Cl2FN4O4S2. The zero-order valence-corrected chi connectivity index (χ0v) is 25.6. The van der Waals surface area contributed by atoms with E-state index in [0.29, 0.717) is 21.3 Å². The number of hydrazone groups is 1. The molecule has 0 aliphatic carbocycles. The maximum Gasteiger partial charge on any atom is 0.284 e. The Kier molecular flexibility index (Phi) is 9.42. The highest BCUT2D eigenvalue weighted by Crippen LogP contribution is 2.37. The van der Waals surface area contributed by atoms with E-state index in [1.54, 1.807) is 47.5 Å². The van der Waals surface area contributed by atoms with E-state index >= 15 is 4.39 Å². The van der Waals surface area contributed by atoms with Crippen LogP contribution in [0.1, 0.15) is 31.9 Å². The highest BCUT2D eigenvalue weighted by atomic mass is 35.5. The summed E-state index contributed by atoms with van der Waals surface area (Å²) in [7, 11) is -7.73. The summed E-state index contributed by atoms with van der Waals surface area (Å²) in [6.45, 7) is 3.62. The molecule has 1 N–H and O–H groups in total. The summed E-state index contributed by atoms with van der Waals surface area (Å²) in [6, 6.07) is 17.2. The average Bonchev–Trinajstić information content (AvgIpc) is 3.33. The minimum absolute atomic E-state index is 0.0786. The SMILES string of the molecule is CC(C)[C@H](CS(C)(=O)=O)N/C(=N\S(=O)(=O)c1ccc(Cl)cc1)C1=NN(c2ccc(Cl)cc2)[C@@H](c2ccccc2F)C1. The Balaban J connectivity index is 1.86. The summed E-state index contributed by atoms with van der Waals surface area (Å²) in [4.78, 5) is -0.107. The van der Waals surface area contributed by atoms with Crippen molar-refractivity contribution in [3.8, 4) is 0 Å². The normalized spacial score (nSPS) is 17.0. The number of nitrogens with one attached hydrogen (secondary N) is 1. The van der Waals surface area contributed by atoms with Gasteiger partial charge in [-0.25, -0.2) is 12.8 Å². The molecular weight excluding hydrogens is 610 g/mol. The lowest BCUT2D eigenvalue weighted by molar-refractivity contribution is 0.483. The van der Waals surface area contributed by atoms with Crippen molar-refractivity contribution in [1.29, 1.82) is 0 Å². The quantitative estimate of drug-likeness (QED) is 0.231.